The van der Waals surface area contributed by atoms with Crippen LogP contribution in [-0.2, 0) is 6.18 Å². The zero-order valence-electron chi connectivity index (χ0n) is 14.7. The number of likely N-dealkylation sites (tertiary alicyclic amines) is 1. The Labute approximate surface area is 156 Å². The molecule has 0 aromatic heterocycles. The van der Waals surface area contributed by atoms with Crippen LogP contribution in [-0.4, -0.2) is 30.1 Å². The third-order valence-electron chi connectivity index (χ3n) is 5.09. The van der Waals surface area contributed by atoms with E-state index in [4.69, 9.17) is 5.73 Å². The molecule has 2 aromatic carbocycles. The molecule has 140 valence electrons. The third kappa shape index (κ3) is 3.61. The second kappa shape index (κ2) is 7.55. The van der Waals surface area contributed by atoms with Crippen molar-refractivity contribution in [3.63, 3.8) is 0 Å². The molecule has 3 atom stereocenters. The Bertz CT molecular complexity index is 835. The predicted molar refractivity (Wildman–Crippen MR) is 98.8 cm³/mol. The molecule has 0 amide bonds. The van der Waals surface area contributed by atoms with Crippen LogP contribution >= 0.6 is 0 Å². The highest BCUT2D eigenvalue weighted by molar-refractivity contribution is 5.64. The lowest BCUT2D eigenvalue weighted by molar-refractivity contribution is -0.137. The van der Waals surface area contributed by atoms with Crippen molar-refractivity contribution in [3.05, 3.63) is 72.3 Å². The van der Waals surface area contributed by atoms with Crippen LogP contribution in [0.4, 0.5) is 13.2 Å². The van der Waals surface area contributed by atoms with Crippen LogP contribution in [0, 0.1) is 11.3 Å². The van der Waals surface area contributed by atoms with E-state index in [1.807, 2.05) is 29.2 Å². The van der Waals surface area contributed by atoms with E-state index in [1.54, 1.807) is 6.08 Å². The Hall–Kier alpha value is -2.62. The molecule has 0 radical (unpaired) electrons. The Morgan fingerprint density at radius 3 is 2.07 bits per heavy atom. The molecular formula is C21H20F3N3. The topological polar surface area (TPSA) is 53.0 Å². The minimum Gasteiger partial charge on any atom is -0.329 e. The van der Waals surface area contributed by atoms with Crippen molar-refractivity contribution in [1.29, 1.82) is 5.26 Å². The van der Waals surface area contributed by atoms with E-state index in [9.17, 15) is 18.4 Å². The average Bonchev–Trinajstić information content (AvgIpc) is 2.65. The minimum absolute atomic E-state index is 0.0154. The maximum atomic E-state index is 12.7. The largest absolute Gasteiger partial charge is 0.416 e. The van der Waals surface area contributed by atoms with Gasteiger partial charge in [0.1, 0.15) is 6.04 Å². The average molecular weight is 371 g/mol. The molecule has 3 nitrogen and oxygen atoms in total. The number of hydrogen-bond donors (Lipinski definition) is 1. The molecule has 0 aliphatic carbocycles. The van der Waals surface area contributed by atoms with Crippen LogP contribution in [0.2, 0.25) is 0 Å². The fourth-order valence-electron chi connectivity index (χ4n) is 3.72. The van der Waals surface area contributed by atoms with Gasteiger partial charge in [0.15, 0.2) is 0 Å². The molecule has 3 rings (SSSR count). The molecule has 6 heteroatoms. The van der Waals surface area contributed by atoms with Gasteiger partial charge < -0.3 is 5.73 Å². The van der Waals surface area contributed by atoms with Gasteiger partial charge in [-0.2, -0.15) is 18.4 Å². The van der Waals surface area contributed by atoms with Gasteiger partial charge in [0.05, 0.1) is 11.6 Å². The minimum atomic E-state index is -4.34. The van der Waals surface area contributed by atoms with E-state index in [2.05, 4.69) is 12.6 Å². The molecule has 1 saturated heterocycles. The summed E-state index contributed by atoms with van der Waals surface area (Å²) in [4.78, 5) is 2.03. The smallest absolute Gasteiger partial charge is 0.329 e. The zero-order valence-corrected chi connectivity index (χ0v) is 14.7. The molecule has 0 saturated carbocycles. The van der Waals surface area contributed by atoms with Crippen LogP contribution < -0.4 is 5.73 Å². The summed E-state index contributed by atoms with van der Waals surface area (Å²) in [6, 6.07) is 14.8. The van der Waals surface area contributed by atoms with Gasteiger partial charge in [0.25, 0.3) is 0 Å². The number of alkyl halides is 3. The van der Waals surface area contributed by atoms with Crippen molar-refractivity contribution in [2.75, 3.05) is 13.1 Å². The summed E-state index contributed by atoms with van der Waals surface area (Å²) in [5.41, 5.74) is 7.77. The van der Waals surface area contributed by atoms with Crippen LogP contribution in [0.15, 0.2) is 61.2 Å². The summed E-state index contributed by atoms with van der Waals surface area (Å²) < 4.78 is 38.1. The molecule has 2 N–H and O–H groups in total. The maximum Gasteiger partial charge on any atom is 0.416 e. The number of rotatable bonds is 5. The van der Waals surface area contributed by atoms with Crippen molar-refractivity contribution in [2.24, 2.45) is 5.73 Å². The van der Waals surface area contributed by atoms with Gasteiger partial charge in [-0.3, -0.25) is 4.90 Å². The lowest BCUT2D eigenvalue weighted by atomic mass is 9.75. The molecule has 27 heavy (non-hydrogen) atoms. The number of halogens is 3. The molecule has 1 aliphatic heterocycles. The van der Waals surface area contributed by atoms with Gasteiger partial charge in [-0.05, 0) is 28.8 Å². The van der Waals surface area contributed by atoms with E-state index in [-0.39, 0.29) is 18.0 Å². The first-order valence-electron chi connectivity index (χ1n) is 8.64. The molecular weight excluding hydrogens is 351 g/mol. The van der Waals surface area contributed by atoms with Gasteiger partial charge in [0.2, 0.25) is 0 Å². The summed E-state index contributed by atoms with van der Waals surface area (Å²) in [6.45, 7) is 4.78. The highest BCUT2D eigenvalue weighted by Gasteiger charge is 2.47. The lowest BCUT2D eigenvalue weighted by Crippen LogP contribution is -2.64. The van der Waals surface area contributed by atoms with E-state index in [0.29, 0.717) is 18.7 Å². The SMILES string of the molecule is C=CCN1C(C#N)C(c2ccc(-c3ccc(C(F)(F)F)cc3)cc2)C1CN. The number of benzene rings is 2. The second-order valence-electron chi connectivity index (χ2n) is 6.59. The molecule has 0 bridgehead atoms. The lowest BCUT2D eigenvalue weighted by Gasteiger charge is -2.51. The Morgan fingerprint density at radius 2 is 1.63 bits per heavy atom. The van der Waals surface area contributed by atoms with Crippen LogP contribution in [0.1, 0.15) is 17.0 Å². The highest BCUT2D eigenvalue weighted by atomic mass is 19.4. The van der Waals surface area contributed by atoms with E-state index in [1.165, 1.54) is 12.1 Å². The van der Waals surface area contributed by atoms with Crippen molar-refractivity contribution in [3.8, 4) is 17.2 Å². The number of nitrogens with zero attached hydrogens (tertiary/aromatic N) is 2. The summed E-state index contributed by atoms with van der Waals surface area (Å²) >= 11 is 0. The van der Waals surface area contributed by atoms with E-state index < -0.39 is 11.7 Å². The summed E-state index contributed by atoms with van der Waals surface area (Å²) in [7, 11) is 0. The third-order valence-corrected chi connectivity index (χ3v) is 5.09. The summed E-state index contributed by atoms with van der Waals surface area (Å²) in [5.74, 6) is 0.0154. The molecule has 0 spiro atoms. The zero-order chi connectivity index (χ0) is 19.6. The highest BCUT2D eigenvalue weighted by Crippen LogP contribution is 2.40. The normalized spacial score (nSPS) is 22.7. The first-order valence-corrected chi connectivity index (χ1v) is 8.64. The van der Waals surface area contributed by atoms with Crippen molar-refractivity contribution < 1.29 is 13.2 Å². The van der Waals surface area contributed by atoms with Crippen LogP contribution in [0.3, 0.4) is 0 Å². The van der Waals surface area contributed by atoms with Gasteiger partial charge in [-0.25, -0.2) is 0 Å². The summed E-state index contributed by atoms with van der Waals surface area (Å²) in [6.07, 6.45) is -2.58. The molecule has 2 aromatic rings. The Balaban J connectivity index is 1.81. The number of nitriles is 1. The van der Waals surface area contributed by atoms with Crippen molar-refractivity contribution in [1.82, 2.24) is 4.90 Å². The molecule has 1 heterocycles. The molecule has 3 unspecified atom stereocenters. The van der Waals surface area contributed by atoms with Crippen LogP contribution in [0.5, 0.6) is 0 Å². The predicted octanol–water partition coefficient (Wildman–Crippen LogP) is 4.18. The van der Waals surface area contributed by atoms with Gasteiger partial charge in [0, 0.05) is 25.0 Å². The standard InChI is InChI=1S/C21H20F3N3/c1-2-11-27-18(12-25)20(19(27)13-26)16-5-3-14(4-6-16)15-7-9-17(10-8-15)21(22,23)24/h2-10,18-20H,1,11-12,25H2. The van der Waals surface area contributed by atoms with Crippen molar-refractivity contribution in [2.45, 2.75) is 24.2 Å². The van der Waals surface area contributed by atoms with E-state index in [0.717, 1.165) is 23.3 Å². The van der Waals surface area contributed by atoms with Crippen LogP contribution in [0.25, 0.3) is 11.1 Å². The first kappa shape index (κ1) is 19.2. The van der Waals surface area contributed by atoms with E-state index >= 15 is 0 Å². The molecule has 1 fully saturated rings. The fraction of sp³-hybridized carbons (Fsp3) is 0.286. The number of hydrogen-bond acceptors (Lipinski definition) is 3. The Morgan fingerprint density at radius 1 is 1.07 bits per heavy atom. The first-order chi connectivity index (χ1) is 12.9. The summed E-state index contributed by atoms with van der Waals surface area (Å²) in [5, 5.41) is 9.49. The quantitative estimate of drug-likeness (QED) is 0.803. The number of nitrogens with two attached hydrogens (primary N) is 1. The van der Waals surface area contributed by atoms with Gasteiger partial charge in [-0.1, -0.05) is 42.5 Å². The van der Waals surface area contributed by atoms with Gasteiger partial charge in [-0.15, -0.1) is 6.58 Å². The monoisotopic (exact) mass is 371 g/mol. The molecule has 1 aliphatic rings. The fourth-order valence-corrected chi connectivity index (χ4v) is 3.72. The maximum absolute atomic E-state index is 12.7. The Kier molecular flexibility index (Phi) is 5.36. The second-order valence-corrected chi connectivity index (χ2v) is 6.59. The van der Waals surface area contributed by atoms with Gasteiger partial charge >= 0.3 is 6.18 Å². The van der Waals surface area contributed by atoms with Crippen molar-refractivity contribution >= 4 is 0 Å².